The number of rotatable bonds is 5. The van der Waals surface area contributed by atoms with Crippen LogP contribution in [0.25, 0.3) is 0 Å². The second-order valence-electron chi connectivity index (χ2n) is 5.75. The number of aromatic nitrogens is 2. The zero-order valence-corrected chi connectivity index (χ0v) is 11.4. The normalized spacial score (nSPS) is 18.2. The van der Waals surface area contributed by atoms with E-state index in [9.17, 15) is 0 Å². The van der Waals surface area contributed by atoms with Crippen molar-refractivity contribution >= 4 is 5.82 Å². The lowest BCUT2D eigenvalue weighted by molar-refractivity contribution is 0.332. The van der Waals surface area contributed by atoms with Gasteiger partial charge in [-0.3, -0.25) is 0 Å². The van der Waals surface area contributed by atoms with E-state index in [1.807, 2.05) is 6.07 Å². The van der Waals surface area contributed by atoms with Gasteiger partial charge in [0.05, 0.1) is 0 Å². The average molecular weight is 248 g/mol. The fourth-order valence-corrected chi connectivity index (χ4v) is 2.64. The van der Waals surface area contributed by atoms with Gasteiger partial charge in [0.15, 0.2) is 0 Å². The van der Waals surface area contributed by atoms with Crippen LogP contribution in [-0.2, 0) is 0 Å². The summed E-state index contributed by atoms with van der Waals surface area (Å²) in [6, 6.07) is 2.05. The van der Waals surface area contributed by atoms with Gasteiger partial charge in [-0.2, -0.15) is 0 Å². The monoisotopic (exact) mass is 248 g/mol. The summed E-state index contributed by atoms with van der Waals surface area (Å²) in [4.78, 5) is 8.57. The van der Waals surface area contributed by atoms with Crippen LogP contribution in [-0.4, -0.2) is 23.1 Å². The largest absolute Gasteiger partial charge is 0.369 e. The first-order chi connectivity index (χ1) is 8.65. The smallest absolute Gasteiger partial charge is 0.129 e. The third kappa shape index (κ3) is 2.99. The number of nitrogens with two attached hydrogens (primary N) is 1. The molecule has 0 bridgehead atoms. The van der Waals surface area contributed by atoms with Gasteiger partial charge in [-0.15, -0.1) is 0 Å². The number of anilines is 1. The summed E-state index contributed by atoms with van der Waals surface area (Å²) in [5, 5.41) is 3.44. The molecule has 0 aliphatic heterocycles. The van der Waals surface area contributed by atoms with Crippen LogP contribution in [0.15, 0.2) is 12.4 Å². The molecule has 0 spiro atoms. The zero-order valence-electron chi connectivity index (χ0n) is 11.4. The van der Waals surface area contributed by atoms with E-state index in [4.69, 9.17) is 5.73 Å². The molecule has 1 heterocycles. The Hall–Kier alpha value is -1.16. The van der Waals surface area contributed by atoms with Gasteiger partial charge in [-0.05, 0) is 30.7 Å². The molecule has 0 atom stereocenters. The molecule has 0 saturated heterocycles. The van der Waals surface area contributed by atoms with E-state index in [2.05, 4.69) is 29.1 Å². The van der Waals surface area contributed by atoms with E-state index >= 15 is 0 Å². The van der Waals surface area contributed by atoms with Crippen molar-refractivity contribution in [3.63, 3.8) is 0 Å². The van der Waals surface area contributed by atoms with Crippen molar-refractivity contribution < 1.29 is 0 Å². The first-order valence-corrected chi connectivity index (χ1v) is 6.91. The molecule has 1 aliphatic rings. The Morgan fingerprint density at radius 2 is 2.06 bits per heavy atom. The number of hydrogen-bond acceptors (Lipinski definition) is 4. The van der Waals surface area contributed by atoms with Crippen molar-refractivity contribution in [2.45, 2.75) is 45.4 Å². The molecule has 100 valence electrons. The summed E-state index contributed by atoms with van der Waals surface area (Å²) in [7, 11) is 0. The lowest BCUT2D eigenvalue weighted by Gasteiger charge is -2.27. The minimum absolute atomic E-state index is 0.281. The second-order valence-corrected chi connectivity index (χ2v) is 5.75. The predicted molar refractivity (Wildman–Crippen MR) is 74.6 cm³/mol. The Labute approximate surface area is 109 Å². The van der Waals surface area contributed by atoms with Crippen LogP contribution < -0.4 is 11.1 Å². The van der Waals surface area contributed by atoms with Crippen LogP contribution in [0.4, 0.5) is 5.82 Å². The van der Waals surface area contributed by atoms with Crippen molar-refractivity contribution in [2.75, 3.05) is 18.4 Å². The zero-order chi connectivity index (χ0) is 13.0. The topological polar surface area (TPSA) is 63.8 Å². The lowest BCUT2D eigenvalue weighted by Crippen LogP contribution is -2.34. The highest BCUT2D eigenvalue weighted by Gasteiger charge is 2.32. The van der Waals surface area contributed by atoms with Crippen LogP contribution in [0.3, 0.4) is 0 Å². The summed E-state index contributed by atoms with van der Waals surface area (Å²) in [5.74, 6) is 1.36. The van der Waals surface area contributed by atoms with Crippen molar-refractivity contribution in [2.24, 2.45) is 11.1 Å². The van der Waals surface area contributed by atoms with Crippen molar-refractivity contribution in [3.05, 3.63) is 18.1 Å². The molecule has 1 fully saturated rings. The van der Waals surface area contributed by atoms with Crippen LogP contribution in [0.1, 0.15) is 51.1 Å². The third-order valence-electron chi connectivity index (χ3n) is 4.02. The van der Waals surface area contributed by atoms with Gasteiger partial charge in [0.25, 0.3) is 0 Å². The molecule has 18 heavy (non-hydrogen) atoms. The van der Waals surface area contributed by atoms with Gasteiger partial charge in [0, 0.05) is 18.3 Å². The molecule has 4 heteroatoms. The van der Waals surface area contributed by atoms with Crippen LogP contribution in [0.2, 0.25) is 0 Å². The Bertz CT molecular complexity index is 383. The maximum Gasteiger partial charge on any atom is 0.129 e. The van der Waals surface area contributed by atoms with E-state index in [-0.39, 0.29) is 5.41 Å². The standard InChI is InChI=1S/C14H24N4/c1-11(2)12-7-13(18-10-17-12)16-9-14(8-15)5-3-4-6-14/h7,10-11H,3-6,8-9,15H2,1-2H3,(H,16,17,18). The summed E-state index contributed by atoms with van der Waals surface area (Å²) < 4.78 is 0. The van der Waals surface area contributed by atoms with Crippen LogP contribution >= 0.6 is 0 Å². The lowest BCUT2D eigenvalue weighted by atomic mass is 9.86. The highest BCUT2D eigenvalue weighted by Crippen LogP contribution is 2.37. The average Bonchev–Trinajstić information content (AvgIpc) is 2.86. The SMILES string of the molecule is CC(C)c1cc(NCC2(CN)CCCC2)ncn1. The van der Waals surface area contributed by atoms with Gasteiger partial charge < -0.3 is 11.1 Å². The number of nitrogens with one attached hydrogen (secondary N) is 1. The van der Waals surface area contributed by atoms with E-state index in [1.54, 1.807) is 6.33 Å². The van der Waals surface area contributed by atoms with Crippen molar-refractivity contribution in [3.8, 4) is 0 Å². The molecule has 3 N–H and O–H groups in total. The maximum atomic E-state index is 5.94. The highest BCUT2D eigenvalue weighted by atomic mass is 15.0. The summed E-state index contributed by atoms with van der Waals surface area (Å²) in [6.07, 6.45) is 6.72. The number of nitrogens with zero attached hydrogens (tertiary/aromatic N) is 2. The van der Waals surface area contributed by atoms with Crippen LogP contribution in [0.5, 0.6) is 0 Å². The van der Waals surface area contributed by atoms with E-state index in [0.29, 0.717) is 5.92 Å². The molecule has 1 saturated carbocycles. The highest BCUT2D eigenvalue weighted by molar-refractivity contribution is 5.36. The quantitative estimate of drug-likeness (QED) is 0.840. The molecule has 0 radical (unpaired) electrons. The predicted octanol–water partition coefficient (Wildman–Crippen LogP) is 2.53. The molecule has 0 aromatic carbocycles. The van der Waals surface area contributed by atoms with Crippen molar-refractivity contribution in [1.82, 2.24) is 9.97 Å². The third-order valence-corrected chi connectivity index (χ3v) is 4.02. The first kappa shape index (κ1) is 13.3. The molecule has 0 unspecified atom stereocenters. The van der Waals surface area contributed by atoms with Gasteiger partial charge in [0.2, 0.25) is 0 Å². The Kier molecular flexibility index (Phi) is 4.17. The molecule has 1 aliphatic carbocycles. The van der Waals surface area contributed by atoms with Gasteiger partial charge in [0.1, 0.15) is 12.1 Å². The molecule has 4 nitrogen and oxygen atoms in total. The molecule has 1 aromatic heterocycles. The summed E-state index contributed by atoms with van der Waals surface area (Å²) >= 11 is 0. The summed E-state index contributed by atoms with van der Waals surface area (Å²) in [5.41, 5.74) is 7.30. The fraction of sp³-hybridized carbons (Fsp3) is 0.714. The fourth-order valence-electron chi connectivity index (χ4n) is 2.64. The maximum absolute atomic E-state index is 5.94. The minimum atomic E-state index is 0.281. The summed E-state index contributed by atoms with van der Waals surface area (Å²) in [6.45, 7) is 5.98. The minimum Gasteiger partial charge on any atom is -0.369 e. The molecule has 0 amide bonds. The van der Waals surface area contributed by atoms with E-state index in [0.717, 1.165) is 24.6 Å². The van der Waals surface area contributed by atoms with E-state index in [1.165, 1.54) is 25.7 Å². The Morgan fingerprint density at radius 3 is 2.67 bits per heavy atom. The van der Waals surface area contributed by atoms with Crippen LogP contribution in [0, 0.1) is 5.41 Å². The molecule has 2 rings (SSSR count). The first-order valence-electron chi connectivity index (χ1n) is 6.91. The van der Waals surface area contributed by atoms with Gasteiger partial charge in [-0.1, -0.05) is 26.7 Å². The molecular weight excluding hydrogens is 224 g/mol. The Morgan fingerprint density at radius 1 is 1.33 bits per heavy atom. The number of hydrogen-bond donors (Lipinski definition) is 2. The van der Waals surface area contributed by atoms with Gasteiger partial charge >= 0.3 is 0 Å². The molecule has 1 aromatic rings. The second kappa shape index (κ2) is 5.65. The Balaban J connectivity index is 1.99. The van der Waals surface area contributed by atoms with Gasteiger partial charge in [-0.25, -0.2) is 9.97 Å². The van der Waals surface area contributed by atoms with E-state index < -0.39 is 0 Å². The van der Waals surface area contributed by atoms with Crippen molar-refractivity contribution in [1.29, 1.82) is 0 Å². The molecular formula is C14H24N4.